The van der Waals surface area contributed by atoms with Gasteiger partial charge in [-0.3, -0.25) is 48.3 Å². The number of guanidine groups is 2. The molecule has 33 nitrogen and oxygen atoms in total. The summed E-state index contributed by atoms with van der Waals surface area (Å²) < 4.78 is 0. The first-order valence-electron chi connectivity index (χ1n) is 30.4. The third-order valence-corrected chi connectivity index (χ3v) is 14.0. The largest absolute Gasteiger partial charge is 0.480 e. The minimum Gasteiger partial charge on any atom is -0.480 e. The molecule has 0 aliphatic heterocycles. The van der Waals surface area contributed by atoms with Crippen molar-refractivity contribution >= 4 is 65.1 Å². The van der Waals surface area contributed by atoms with Crippen LogP contribution in [0.5, 0.6) is 0 Å². The number of aromatic nitrogens is 2. The first-order valence-corrected chi connectivity index (χ1v) is 30.4. The van der Waals surface area contributed by atoms with E-state index in [-0.39, 0.29) is 115 Å². The van der Waals surface area contributed by atoms with E-state index in [2.05, 4.69) is 62.5 Å². The molecule has 0 unspecified atom stereocenters. The monoisotopic (exact) mass is 1240 g/mol. The number of nitrogens with zero attached hydrogens (tertiary/aromatic N) is 3. The Labute approximate surface area is 510 Å². The molecule has 9 atom stereocenters. The predicted molar refractivity (Wildman–Crippen MR) is 331 cm³/mol. The highest BCUT2D eigenvalue weighted by Gasteiger charge is 2.35. The predicted octanol–water partition coefficient (Wildman–Crippen LogP) is -5.88. The Bertz CT molecular complexity index is 2240. The maximum absolute atomic E-state index is 14.6. The van der Waals surface area contributed by atoms with Crippen LogP contribution in [0, 0.1) is 0 Å². The third-order valence-electron chi connectivity index (χ3n) is 14.0. The van der Waals surface area contributed by atoms with Gasteiger partial charge in [-0.2, -0.15) is 0 Å². The van der Waals surface area contributed by atoms with Gasteiger partial charge < -0.3 is 116 Å². The molecule has 496 valence electrons. The van der Waals surface area contributed by atoms with E-state index < -0.39 is 108 Å². The van der Waals surface area contributed by atoms with Crippen LogP contribution in [0.15, 0.2) is 22.5 Å². The molecule has 8 amide bonds. The van der Waals surface area contributed by atoms with Crippen molar-refractivity contribution in [1.29, 1.82) is 0 Å². The Morgan fingerprint density at radius 1 is 0.391 bits per heavy atom. The van der Waals surface area contributed by atoms with Crippen molar-refractivity contribution in [3.63, 3.8) is 0 Å². The van der Waals surface area contributed by atoms with E-state index >= 15 is 0 Å². The van der Waals surface area contributed by atoms with Gasteiger partial charge in [0, 0.05) is 31.4 Å². The van der Waals surface area contributed by atoms with Gasteiger partial charge in [0.15, 0.2) is 11.9 Å². The van der Waals surface area contributed by atoms with E-state index in [1.165, 1.54) is 12.5 Å². The Morgan fingerprint density at radius 2 is 0.655 bits per heavy atom. The minimum absolute atomic E-state index is 0.0259. The Kier molecular flexibility index (Phi) is 41.9. The van der Waals surface area contributed by atoms with Gasteiger partial charge in [-0.1, -0.05) is 0 Å². The lowest BCUT2D eigenvalue weighted by atomic mass is 10.0. The van der Waals surface area contributed by atoms with Crippen LogP contribution in [0.2, 0.25) is 0 Å². The van der Waals surface area contributed by atoms with Crippen molar-refractivity contribution in [1.82, 2.24) is 52.5 Å². The summed E-state index contributed by atoms with van der Waals surface area (Å²) >= 11 is 0. The molecular formula is C54H105N23O10. The van der Waals surface area contributed by atoms with Gasteiger partial charge in [0.25, 0.3) is 0 Å². The van der Waals surface area contributed by atoms with E-state index in [9.17, 15) is 48.3 Å². The molecule has 0 saturated carbocycles. The summed E-state index contributed by atoms with van der Waals surface area (Å²) in [4.78, 5) is 140. The molecule has 0 spiro atoms. The SMILES string of the molecule is NCCCC[C@H](NC(=O)[C@H](CCCCN)NC(=O)[C@H](CCCCN)NC(=O)[C@H](Cc1cnc[nH]1)NC(=O)[C@H](CCCCN)NC(=O)[C@H](CCCCN)NC(=O)[C@H](CCCCN)NC(=O)[C@H](CCCN=C(N)N)NC(=O)[C@@H](N)CCCN=C(N)N)C(=O)O. The number of aliphatic carboxylic acids is 1. The number of hydrogen-bond donors (Lipinski definition) is 21. The average molecular weight is 1240 g/mol. The summed E-state index contributed by atoms with van der Waals surface area (Å²) in [6.07, 6.45) is 8.91. The maximum Gasteiger partial charge on any atom is 0.326 e. The molecule has 0 aliphatic carbocycles. The summed E-state index contributed by atoms with van der Waals surface area (Å²) in [5, 5.41) is 31.6. The summed E-state index contributed by atoms with van der Waals surface area (Å²) in [5.74, 6) is -7.62. The number of carboxylic acids is 1. The number of rotatable bonds is 51. The Hall–Kier alpha value is -7.30. The van der Waals surface area contributed by atoms with Crippen LogP contribution in [0.25, 0.3) is 0 Å². The lowest BCUT2D eigenvalue weighted by molar-refractivity contribution is -0.142. The second-order valence-electron chi connectivity index (χ2n) is 21.3. The van der Waals surface area contributed by atoms with E-state index in [0.717, 1.165) is 0 Å². The Balaban J connectivity index is 3.66. The van der Waals surface area contributed by atoms with Gasteiger partial charge in [-0.15, -0.1) is 0 Å². The van der Waals surface area contributed by atoms with Gasteiger partial charge >= 0.3 is 5.97 Å². The van der Waals surface area contributed by atoms with Gasteiger partial charge in [-0.05, 0) is 181 Å². The normalized spacial score (nSPS) is 14.2. The number of aliphatic imine (C=N–C) groups is 2. The van der Waals surface area contributed by atoms with Gasteiger partial charge in [0.1, 0.15) is 48.3 Å². The van der Waals surface area contributed by atoms with Crippen LogP contribution in [-0.2, 0) is 49.6 Å². The van der Waals surface area contributed by atoms with Crippen molar-refractivity contribution < 1.29 is 48.3 Å². The van der Waals surface area contributed by atoms with E-state index in [1.54, 1.807) is 0 Å². The average Bonchev–Trinajstić information content (AvgIpc) is 4.20. The van der Waals surface area contributed by atoms with E-state index in [0.29, 0.717) is 102 Å². The van der Waals surface area contributed by atoms with Crippen LogP contribution >= 0.6 is 0 Å². The molecular weight excluding hydrogens is 1130 g/mol. The van der Waals surface area contributed by atoms with Crippen molar-refractivity contribution in [2.45, 2.75) is 202 Å². The minimum atomic E-state index is -1.41. The van der Waals surface area contributed by atoms with Gasteiger partial charge in [-0.25, -0.2) is 9.78 Å². The molecule has 33 heteroatoms. The van der Waals surface area contributed by atoms with Crippen molar-refractivity contribution in [2.24, 2.45) is 73.1 Å². The number of amides is 8. The fourth-order valence-electron chi connectivity index (χ4n) is 8.99. The Morgan fingerprint density at radius 3 is 0.943 bits per heavy atom. The van der Waals surface area contributed by atoms with Crippen molar-refractivity contribution in [2.75, 3.05) is 52.4 Å². The zero-order valence-corrected chi connectivity index (χ0v) is 50.6. The molecule has 0 aliphatic rings. The van der Waals surface area contributed by atoms with E-state index in [1.807, 2.05) is 0 Å². The number of unbranched alkanes of at least 4 members (excludes halogenated alkanes) is 6. The quantitative estimate of drug-likeness (QED) is 0.0164. The fourth-order valence-corrected chi connectivity index (χ4v) is 8.99. The van der Waals surface area contributed by atoms with Crippen molar-refractivity contribution in [3.05, 3.63) is 18.2 Å². The number of nitrogens with one attached hydrogen (secondary N) is 9. The fraction of sp³-hybridized carbons (Fsp3) is 0.741. The number of nitrogens with two attached hydrogens (primary N) is 11. The van der Waals surface area contributed by atoms with Gasteiger partial charge in [0.2, 0.25) is 47.3 Å². The molecule has 1 heterocycles. The third kappa shape index (κ3) is 34.6. The van der Waals surface area contributed by atoms with Crippen LogP contribution in [0.3, 0.4) is 0 Å². The standard InChI is InChI=1S/C54H105N23O10/c55-23-7-1-16-36(71-45(79)37(17-2-8-24-56)72-48(82)41(22-14-30-68-54(64)65)70-44(78)35(61)15-13-29-67-53(62)63)46(80)74-40(20-5-11-27-59)50(84)77-43(31-34-32-66-33-69-34)51(85)75-38(18-3-9-25-57)47(81)73-39(19-4-10-26-58)49(83)76-42(52(86)87)21-6-12-28-60/h32-33,35-43H,1-31,55-61H2,(H,66,69)(H,70,78)(H,71,79)(H,72,82)(H,73,81)(H,74,80)(H,75,85)(H,76,83)(H,77,84)(H,86,87)(H4,62,63,67)(H4,64,65,68)/t35-,36-,37-,38-,39-,40-,41-,42-,43-/m0/s1. The molecule has 0 aromatic carbocycles. The molecule has 0 bridgehead atoms. The van der Waals surface area contributed by atoms with Crippen molar-refractivity contribution in [3.8, 4) is 0 Å². The highest BCUT2D eigenvalue weighted by molar-refractivity contribution is 5.98. The number of imidazole rings is 1. The molecule has 1 aromatic rings. The molecule has 1 aromatic heterocycles. The molecule has 32 N–H and O–H groups in total. The number of H-pyrrole nitrogens is 1. The van der Waals surface area contributed by atoms with Crippen LogP contribution in [0.1, 0.15) is 147 Å². The lowest BCUT2D eigenvalue weighted by Crippen LogP contribution is -2.60. The highest BCUT2D eigenvalue weighted by atomic mass is 16.4. The maximum atomic E-state index is 14.6. The lowest BCUT2D eigenvalue weighted by Gasteiger charge is -2.28. The molecule has 1 rings (SSSR count). The van der Waals surface area contributed by atoms with Crippen LogP contribution < -0.4 is 106 Å². The first kappa shape index (κ1) is 77.7. The molecule has 0 fully saturated rings. The number of aromatic amines is 1. The smallest absolute Gasteiger partial charge is 0.326 e. The summed E-state index contributed by atoms with van der Waals surface area (Å²) in [7, 11) is 0. The zero-order chi connectivity index (χ0) is 64.9. The second-order valence-corrected chi connectivity index (χ2v) is 21.3. The summed E-state index contributed by atoms with van der Waals surface area (Å²) in [5.41, 5.74) is 63.0. The summed E-state index contributed by atoms with van der Waals surface area (Å²) in [6, 6.07) is -11.3. The molecule has 0 radical (unpaired) electrons. The first-order chi connectivity index (χ1) is 41.7. The molecule has 87 heavy (non-hydrogen) atoms. The van der Waals surface area contributed by atoms with Gasteiger partial charge in [0.05, 0.1) is 12.4 Å². The van der Waals surface area contributed by atoms with Crippen LogP contribution in [-0.4, -0.2) is 187 Å². The second kappa shape index (κ2) is 46.9. The topological polar surface area (TPSA) is 610 Å². The zero-order valence-electron chi connectivity index (χ0n) is 50.6. The van der Waals surface area contributed by atoms with E-state index in [4.69, 9.17) is 63.1 Å². The molecule has 0 saturated heterocycles. The number of carbonyl (C=O) groups is 9. The highest BCUT2D eigenvalue weighted by Crippen LogP contribution is 2.13. The number of carbonyl (C=O) groups excluding carboxylic acids is 8. The number of hydrogen-bond acceptors (Lipinski definition) is 19. The summed E-state index contributed by atoms with van der Waals surface area (Å²) in [6.45, 7) is 1.98. The number of carboxylic acid groups (broad SMARTS) is 1. The van der Waals surface area contributed by atoms with Crippen LogP contribution in [0.4, 0.5) is 0 Å².